The summed E-state index contributed by atoms with van der Waals surface area (Å²) in [6.07, 6.45) is 7.72. The van der Waals surface area contributed by atoms with Gasteiger partial charge in [-0.3, -0.25) is 0 Å². The van der Waals surface area contributed by atoms with E-state index in [0.29, 0.717) is 0 Å². The first-order valence-corrected chi connectivity index (χ1v) is 6.42. The fourth-order valence-corrected chi connectivity index (χ4v) is 1.74. The van der Waals surface area contributed by atoms with Crippen molar-refractivity contribution in [1.29, 1.82) is 0 Å². The fourth-order valence-electron chi connectivity index (χ4n) is 1.74. The van der Waals surface area contributed by atoms with Gasteiger partial charge in [0.1, 0.15) is 5.75 Å². The summed E-state index contributed by atoms with van der Waals surface area (Å²) in [6.45, 7) is 2.14. The molecule has 0 saturated heterocycles. The van der Waals surface area contributed by atoms with Gasteiger partial charge < -0.3 is 9.84 Å². The highest BCUT2D eigenvalue weighted by atomic mass is 16.5. The van der Waals surface area contributed by atoms with Crippen LogP contribution in [0.4, 0.5) is 0 Å². The maximum Gasteiger partial charge on any atom is 0.328 e. The number of rotatable bonds is 7. The molecule has 0 heterocycles. The molecule has 0 amide bonds. The lowest BCUT2D eigenvalue weighted by Crippen LogP contribution is -1.88. The van der Waals surface area contributed by atoms with Crippen molar-refractivity contribution in [2.45, 2.75) is 26.2 Å². The van der Waals surface area contributed by atoms with Gasteiger partial charge in [0.25, 0.3) is 0 Å². The molecule has 3 nitrogen and oxygen atoms in total. The summed E-state index contributed by atoms with van der Waals surface area (Å²) in [7, 11) is 1.64. The highest BCUT2D eigenvalue weighted by molar-refractivity contribution is 5.81. The zero-order valence-electron chi connectivity index (χ0n) is 11.4. The second-order valence-electron chi connectivity index (χ2n) is 4.22. The number of ether oxygens (including phenoxy) is 1. The minimum Gasteiger partial charge on any atom is -0.497 e. The summed E-state index contributed by atoms with van der Waals surface area (Å²) in [5, 5.41) is 8.61. The summed E-state index contributed by atoms with van der Waals surface area (Å²) >= 11 is 0. The van der Waals surface area contributed by atoms with Gasteiger partial charge in [-0.15, -0.1) is 0 Å². The first-order valence-electron chi connectivity index (χ1n) is 6.42. The predicted molar refractivity (Wildman–Crippen MR) is 77.3 cm³/mol. The number of carboxylic acid groups (broad SMARTS) is 1. The van der Waals surface area contributed by atoms with Gasteiger partial charge in [-0.25, -0.2) is 4.79 Å². The van der Waals surface area contributed by atoms with Crippen LogP contribution in [-0.4, -0.2) is 18.2 Å². The highest BCUT2D eigenvalue weighted by Crippen LogP contribution is 2.23. The van der Waals surface area contributed by atoms with E-state index in [1.54, 1.807) is 13.2 Å². The van der Waals surface area contributed by atoms with E-state index >= 15 is 0 Å². The number of unbranched alkanes of at least 4 members (excludes halogenated alkanes) is 1. The van der Waals surface area contributed by atoms with Crippen molar-refractivity contribution in [2.75, 3.05) is 7.11 Å². The Morgan fingerprint density at radius 3 is 2.53 bits per heavy atom. The largest absolute Gasteiger partial charge is 0.497 e. The van der Waals surface area contributed by atoms with Crippen LogP contribution in [0.5, 0.6) is 5.75 Å². The lowest BCUT2D eigenvalue weighted by atomic mass is 9.99. The Labute approximate surface area is 114 Å². The zero-order valence-corrected chi connectivity index (χ0v) is 11.4. The lowest BCUT2D eigenvalue weighted by Gasteiger charge is -2.07. The molecule has 0 aliphatic rings. The van der Waals surface area contributed by atoms with E-state index in [0.717, 1.165) is 42.2 Å². The van der Waals surface area contributed by atoms with Gasteiger partial charge in [0.15, 0.2) is 0 Å². The Kier molecular flexibility index (Phi) is 6.44. The zero-order chi connectivity index (χ0) is 14.1. The maximum atomic E-state index is 10.5. The molecular weight excluding hydrogens is 240 g/mol. The molecule has 3 heteroatoms. The molecule has 0 aliphatic carbocycles. The van der Waals surface area contributed by atoms with Crippen LogP contribution in [0.2, 0.25) is 0 Å². The molecule has 1 rings (SSSR count). The quantitative estimate of drug-likeness (QED) is 0.597. The van der Waals surface area contributed by atoms with Crippen LogP contribution in [-0.2, 0) is 4.79 Å². The first-order chi connectivity index (χ1) is 9.17. The molecule has 1 aromatic carbocycles. The second-order valence-corrected chi connectivity index (χ2v) is 4.22. The number of hydrogen-bond acceptors (Lipinski definition) is 2. The third-order valence-corrected chi connectivity index (χ3v) is 2.80. The van der Waals surface area contributed by atoms with Gasteiger partial charge in [-0.05, 0) is 36.1 Å². The third kappa shape index (κ3) is 5.42. The van der Waals surface area contributed by atoms with Crippen molar-refractivity contribution in [3.63, 3.8) is 0 Å². The van der Waals surface area contributed by atoms with Crippen LogP contribution in [0.3, 0.4) is 0 Å². The van der Waals surface area contributed by atoms with Crippen molar-refractivity contribution in [2.24, 2.45) is 0 Å². The normalized spacial score (nSPS) is 11.8. The molecule has 0 radical (unpaired) electrons. The van der Waals surface area contributed by atoms with Crippen molar-refractivity contribution < 1.29 is 14.6 Å². The SMILES string of the molecule is CCCC/C(=C\C=C\C(=O)O)c1ccc(OC)cc1. The van der Waals surface area contributed by atoms with Gasteiger partial charge in [0, 0.05) is 6.08 Å². The molecule has 19 heavy (non-hydrogen) atoms. The Morgan fingerprint density at radius 2 is 2.00 bits per heavy atom. The lowest BCUT2D eigenvalue weighted by molar-refractivity contribution is -0.131. The smallest absolute Gasteiger partial charge is 0.328 e. The summed E-state index contributed by atoms with van der Waals surface area (Å²) in [6, 6.07) is 7.82. The molecule has 0 aliphatic heterocycles. The topological polar surface area (TPSA) is 46.5 Å². The Hall–Kier alpha value is -2.03. The minimum atomic E-state index is -0.930. The Morgan fingerprint density at radius 1 is 1.32 bits per heavy atom. The molecule has 102 valence electrons. The number of carbonyl (C=O) groups is 1. The van der Waals surface area contributed by atoms with Crippen LogP contribution in [0, 0.1) is 0 Å². The van der Waals surface area contributed by atoms with E-state index in [2.05, 4.69) is 6.92 Å². The molecule has 1 N–H and O–H groups in total. The monoisotopic (exact) mass is 260 g/mol. The third-order valence-electron chi connectivity index (χ3n) is 2.80. The van der Waals surface area contributed by atoms with Crippen LogP contribution in [0.1, 0.15) is 31.7 Å². The number of allylic oxidation sites excluding steroid dienone is 3. The Balaban J connectivity index is 2.91. The molecule has 0 aromatic heterocycles. The summed E-state index contributed by atoms with van der Waals surface area (Å²) in [4.78, 5) is 10.5. The fraction of sp³-hybridized carbons (Fsp3) is 0.312. The van der Waals surface area contributed by atoms with Crippen LogP contribution in [0.25, 0.3) is 5.57 Å². The molecule has 1 aromatic rings. The van der Waals surface area contributed by atoms with Gasteiger partial charge in [0.2, 0.25) is 0 Å². The molecular formula is C16H20O3. The van der Waals surface area contributed by atoms with E-state index in [4.69, 9.17) is 9.84 Å². The van der Waals surface area contributed by atoms with Crippen LogP contribution >= 0.6 is 0 Å². The molecule has 0 unspecified atom stereocenters. The van der Waals surface area contributed by atoms with E-state index in [9.17, 15) is 4.79 Å². The number of hydrogen-bond donors (Lipinski definition) is 1. The second kappa shape index (κ2) is 8.14. The summed E-state index contributed by atoms with van der Waals surface area (Å²) in [5.74, 6) is -0.111. The number of carboxylic acids is 1. The molecule has 0 atom stereocenters. The maximum absolute atomic E-state index is 10.5. The van der Waals surface area contributed by atoms with Gasteiger partial charge in [-0.2, -0.15) is 0 Å². The summed E-state index contributed by atoms with van der Waals surface area (Å²) < 4.78 is 5.13. The van der Waals surface area contributed by atoms with E-state index in [1.165, 1.54) is 0 Å². The van der Waals surface area contributed by atoms with E-state index < -0.39 is 5.97 Å². The van der Waals surface area contributed by atoms with Gasteiger partial charge in [-0.1, -0.05) is 37.6 Å². The van der Waals surface area contributed by atoms with Crippen molar-refractivity contribution in [3.8, 4) is 5.75 Å². The standard InChI is InChI=1S/C16H20O3/c1-3-4-6-13(7-5-8-16(17)18)14-9-11-15(19-2)12-10-14/h5,7-12H,3-4,6H2,1-2H3,(H,17,18)/b8-5+,13-7+. The average molecular weight is 260 g/mol. The van der Waals surface area contributed by atoms with Gasteiger partial charge >= 0.3 is 5.97 Å². The Bertz CT molecular complexity index is 455. The van der Waals surface area contributed by atoms with Gasteiger partial charge in [0.05, 0.1) is 7.11 Å². The highest BCUT2D eigenvalue weighted by Gasteiger charge is 2.01. The van der Waals surface area contributed by atoms with Crippen LogP contribution < -0.4 is 4.74 Å². The van der Waals surface area contributed by atoms with Crippen molar-refractivity contribution in [3.05, 3.63) is 48.1 Å². The first kappa shape index (κ1) is 15.0. The van der Waals surface area contributed by atoms with E-state index in [1.807, 2.05) is 30.3 Å². The number of benzene rings is 1. The van der Waals surface area contributed by atoms with Crippen molar-refractivity contribution in [1.82, 2.24) is 0 Å². The average Bonchev–Trinajstić information content (AvgIpc) is 2.42. The summed E-state index contributed by atoms with van der Waals surface area (Å²) in [5.41, 5.74) is 2.24. The number of aliphatic carboxylic acids is 1. The minimum absolute atomic E-state index is 0.819. The van der Waals surface area contributed by atoms with Crippen LogP contribution in [0.15, 0.2) is 42.5 Å². The number of methoxy groups -OCH3 is 1. The van der Waals surface area contributed by atoms with Crippen molar-refractivity contribution >= 4 is 11.5 Å². The van der Waals surface area contributed by atoms with E-state index in [-0.39, 0.29) is 0 Å². The molecule has 0 saturated carbocycles. The molecule has 0 bridgehead atoms. The molecule has 0 fully saturated rings. The predicted octanol–water partition coefficient (Wildman–Crippen LogP) is 3.91. The molecule has 0 spiro atoms.